The molecule has 1 aromatic carbocycles. The first-order valence-electron chi connectivity index (χ1n) is 7.75. The first kappa shape index (κ1) is 17.5. The Morgan fingerprint density at radius 1 is 1.14 bits per heavy atom. The molecule has 1 unspecified atom stereocenters. The minimum absolute atomic E-state index is 0.0597. The van der Waals surface area contributed by atoms with Gasteiger partial charge in [-0.1, -0.05) is 46.8 Å². The van der Waals surface area contributed by atoms with Crippen LogP contribution in [0.2, 0.25) is 0 Å². The van der Waals surface area contributed by atoms with Crippen LogP contribution < -0.4 is 10.1 Å². The zero-order valence-electron chi connectivity index (χ0n) is 14.2. The van der Waals surface area contributed by atoms with E-state index in [-0.39, 0.29) is 11.3 Å². The monoisotopic (exact) mass is 291 g/mol. The summed E-state index contributed by atoms with van der Waals surface area (Å²) in [4.78, 5) is 11.9. The van der Waals surface area contributed by atoms with Crippen molar-refractivity contribution < 1.29 is 9.53 Å². The topological polar surface area (TPSA) is 38.3 Å². The molecule has 0 spiro atoms. The van der Waals surface area contributed by atoms with Crippen LogP contribution in [0.15, 0.2) is 24.3 Å². The third kappa shape index (κ3) is 6.19. The highest BCUT2D eigenvalue weighted by Crippen LogP contribution is 2.24. The largest absolute Gasteiger partial charge is 0.481 e. The summed E-state index contributed by atoms with van der Waals surface area (Å²) in [6.07, 6.45) is 0.510. The molecule has 0 saturated carbocycles. The third-order valence-electron chi connectivity index (χ3n) is 3.42. The van der Waals surface area contributed by atoms with Crippen LogP contribution >= 0.6 is 0 Å². The Kier molecular flexibility index (Phi) is 6.25. The number of amides is 1. The predicted octanol–water partition coefficient (Wildman–Crippen LogP) is 3.91. The Hall–Kier alpha value is -1.51. The zero-order valence-corrected chi connectivity index (χ0v) is 14.2. The summed E-state index contributed by atoms with van der Waals surface area (Å²) >= 11 is 0. The summed E-state index contributed by atoms with van der Waals surface area (Å²) in [5, 5.41) is 2.91. The van der Waals surface area contributed by atoms with Crippen molar-refractivity contribution in [1.29, 1.82) is 0 Å². The molecule has 0 aliphatic heterocycles. The molecule has 0 aliphatic carbocycles. The Balaban J connectivity index is 2.50. The predicted molar refractivity (Wildman–Crippen MR) is 87.7 cm³/mol. The van der Waals surface area contributed by atoms with Gasteiger partial charge in [0.2, 0.25) is 0 Å². The fourth-order valence-corrected chi connectivity index (χ4v) is 1.92. The minimum atomic E-state index is -0.474. The normalized spacial score (nSPS) is 13.1. The molecule has 1 N–H and O–H groups in total. The number of ether oxygens (including phenoxy) is 1. The van der Waals surface area contributed by atoms with Gasteiger partial charge in [-0.05, 0) is 42.4 Å². The molecule has 0 aliphatic rings. The van der Waals surface area contributed by atoms with Crippen molar-refractivity contribution >= 4 is 5.91 Å². The van der Waals surface area contributed by atoms with E-state index in [9.17, 15) is 4.79 Å². The zero-order chi connectivity index (χ0) is 16.0. The Morgan fingerprint density at radius 3 is 2.19 bits per heavy atom. The van der Waals surface area contributed by atoms with E-state index >= 15 is 0 Å². The lowest BCUT2D eigenvalue weighted by atomic mass is 9.87. The lowest BCUT2D eigenvalue weighted by Crippen LogP contribution is -2.37. The number of carbonyl (C=O) groups is 1. The van der Waals surface area contributed by atoms with Crippen LogP contribution in [0.1, 0.15) is 53.5 Å². The SMILES string of the molecule is CC(C)CCNC(=O)C(C)Oc1ccc(C(C)(C)C)cc1. The lowest BCUT2D eigenvalue weighted by molar-refractivity contribution is -0.127. The van der Waals surface area contributed by atoms with Gasteiger partial charge in [0.25, 0.3) is 5.91 Å². The summed E-state index contributed by atoms with van der Waals surface area (Å²) < 4.78 is 5.69. The van der Waals surface area contributed by atoms with E-state index in [4.69, 9.17) is 4.74 Å². The van der Waals surface area contributed by atoms with Crippen molar-refractivity contribution in [2.75, 3.05) is 6.54 Å². The van der Waals surface area contributed by atoms with Gasteiger partial charge < -0.3 is 10.1 Å². The second-order valence-corrected chi connectivity index (χ2v) is 7.01. The highest BCUT2D eigenvalue weighted by Gasteiger charge is 2.16. The molecule has 0 radical (unpaired) electrons. The quantitative estimate of drug-likeness (QED) is 0.863. The van der Waals surface area contributed by atoms with Gasteiger partial charge in [-0.15, -0.1) is 0 Å². The third-order valence-corrected chi connectivity index (χ3v) is 3.42. The number of benzene rings is 1. The highest BCUT2D eigenvalue weighted by molar-refractivity contribution is 5.80. The lowest BCUT2D eigenvalue weighted by Gasteiger charge is -2.20. The average Bonchev–Trinajstić information content (AvgIpc) is 2.37. The molecule has 3 heteroatoms. The van der Waals surface area contributed by atoms with Gasteiger partial charge in [0, 0.05) is 6.54 Å². The second kappa shape index (κ2) is 7.48. The number of carbonyl (C=O) groups excluding carboxylic acids is 1. The van der Waals surface area contributed by atoms with Gasteiger partial charge in [-0.2, -0.15) is 0 Å². The summed E-state index contributed by atoms with van der Waals surface area (Å²) in [7, 11) is 0. The van der Waals surface area contributed by atoms with Crippen LogP contribution in [-0.2, 0) is 10.2 Å². The van der Waals surface area contributed by atoms with E-state index in [2.05, 4.69) is 52.1 Å². The minimum Gasteiger partial charge on any atom is -0.481 e. The summed E-state index contributed by atoms with van der Waals surface area (Å²) in [6, 6.07) is 7.97. The number of hydrogen-bond acceptors (Lipinski definition) is 2. The maximum absolute atomic E-state index is 11.9. The first-order chi connectivity index (χ1) is 9.70. The van der Waals surface area contributed by atoms with Crippen LogP contribution in [0.3, 0.4) is 0 Å². The maximum atomic E-state index is 11.9. The van der Waals surface area contributed by atoms with Gasteiger partial charge >= 0.3 is 0 Å². The molecule has 0 fully saturated rings. The van der Waals surface area contributed by atoms with Gasteiger partial charge in [0.05, 0.1) is 0 Å². The van der Waals surface area contributed by atoms with Crippen molar-refractivity contribution in [2.24, 2.45) is 5.92 Å². The Bertz CT molecular complexity index is 443. The van der Waals surface area contributed by atoms with Crippen LogP contribution in [-0.4, -0.2) is 18.6 Å². The van der Waals surface area contributed by atoms with Gasteiger partial charge in [0.1, 0.15) is 5.75 Å². The molecule has 0 heterocycles. The number of hydrogen-bond donors (Lipinski definition) is 1. The first-order valence-corrected chi connectivity index (χ1v) is 7.75. The standard InChI is InChI=1S/C18H29NO2/c1-13(2)11-12-19-17(20)14(3)21-16-9-7-15(8-10-16)18(4,5)6/h7-10,13-14H,11-12H2,1-6H3,(H,19,20). The van der Waals surface area contributed by atoms with Crippen molar-refractivity contribution in [1.82, 2.24) is 5.32 Å². The Labute approximate surface area is 129 Å². The van der Waals surface area contributed by atoms with Crippen molar-refractivity contribution in [3.8, 4) is 5.75 Å². The van der Waals surface area contributed by atoms with Gasteiger partial charge in [-0.25, -0.2) is 0 Å². The van der Waals surface area contributed by atoms with E-state index in [0.29, 0.717) is 12.5 Å². The van der Waals surface area contributed by atoms with Crippen molar-refractivity contribution in [3.63, 3.8) is 0 Å². The molecule has 0 aromatic heterocycles. The average molecular weight is 291 g/mol. The fraction of sp³-hybridized carbons (Fsp3) is 0.611. The molecular formula is C18H29NO2. The van der Waals surface area contributed by atoms with E-state index in [1.54, 1.807) is 6.92 Å². The molecule has 1 atom stereocenters. The van der Waals surface area contributed by atoms with Crippen LogP contribution in [0.4, 0.5) is 0 Å². The summed E-state index contributed by atoms with van der Waals surface area (Å²) in [5.41, 5.74) is 1.38. The Morgan fingerprint density at radius 2 is 1.71 bits per heavy atom. The molecule has 1 rings (SSSR count). The maximum Gasteiger partial charge on any atom is 0.260 e. The van der Waals surface area contributed by atoms with E-state index in [1.165, 1.54) is 5.56 Å². The van der Waals surface area contributed by atoms with Crippen LogP contribution in [0.5, 0.6) is 5.75 Å². The van der Waals surface area contributed by atoms with Gasteiger partial charge in [-0.3, -0.25) is 4.79 Å². The van der Waals surface area contributed by atoms with Crippen LogP contribution in [0.25, 0.3) is 0 Å². The second-order valence-electron chi connectivity index (χ2n) is 7.01. The van der Waals surface area contributed by atoms with E-state index in [1.807, 2.05) is 12.1 Å². The highest BCUT2D eigenvalue weighted by atomic mass is 16.5. The molecule has 1 aromatic rings. The molecular weight excluding hydrogens is 262 g/mol. The fourth-order valence-electron chi connectivity index (χ4n) is 1.92. The van der Waals surface area contributed by atoms with Crippen molar-refractivity contribution in [2.45, 2.75) is 59.5 Å². The summed E-state index contributed by atoms with van der Waals surface area (Å²) in [6.45, 7) is 13.3. The molecule has 1 amide bonds. The molecule has 21 heavy (non-hydrogen) atoms. The smallest absolute Gasteiger partial charge is 0.260 e. The molecule has 118 valence electrons. The van der Waals surface area contributed by atoms with Crippen LogP contribution in [0, 0.1) is 5.92 Å². The molecule has 3 nitrogen and oxygen atoms in total. The number of rotatable bonds is 6. The van der Waals surface area contributed by atoms with Crippen molar-refractivity contribution in [3.05, 3.63) is 29.8 Å². The van der Waals surface area contributed by atoms with E-state index in [0.717, 1.165) is 12.2 Å². The molecule has 0 bridgehead atoms. The summed E-state index contributed by atoms with van der Waals surface area (Å²) in [5.74, 6) is 1.26. The van der Waals surface area contributed by atoms with Gasteiger partial charge in [0.15, 0.2) is 6.10 Å². The number of nitrogens with one attached hydrogen (secondary N) is 1. The molecule has 0 saturated heterocycles. The van der Waals surface area contributed by atoms with E-state index < -0.39 is 6.10 Å².